The van der Waals surface area contributed by atoms with E-state index in [9.17, 15) is 0 Å². The van der Waals surface area contributed by atoms with Crippen molar-refractivity contribution in [2.75, 3.05) is 13.2 Å². The fourth-order valence-electron chi connectivity index (χ4n) is 0.964. The molecule has 0 aromatic rings. The molecule has 0 amide bonds. The summed E-state index contributed by atoms with van der Waals surface area (Å²) in [6.45, 7) is 5.71. The molecule has 0 radical (unpaired) electrons. The molecule has 1 rings (SSSR count). The SMILES string of the molecule is CCOC(C)N1C=C(I)CN1. The lowest BCUT2D eigenvalue weighted by Gasteiger charge is -2.23. The number of hydrogen-bond donors (Lipinski definition) is 1. The predicted octanol–water partition coefficient (Wildman–Crippen LogP) is 1.47. The number of nitrogens with one attached hydrogen (secondary N) is 1. The fraction of sp³-hybridized carbons (Fsp3) is 0.714. The molecule has 0 spiro atoms. The summed E-state index contributed by atoms with van der Waals surface area (Å²) in [5, 5.41) is 1.99. The van der Waals surface area contributed by atoms with E-state index in [0.717, 1.165) is 13.2 Å². The minimum Gasteiger partial charge on any atom is -0.358 e. The summed E-state index contributed by atoms with van der Waals surface area (Å²) in [5.74, 6) is 0. The molecule has 3 nitrogen and oxygen atoms in total. The monoisotopic (exact) mass is 268 g/mol. The summed E-state index contributed by atoms with van der Waals surface area (Å²) in [7, 11) is 0. The van der Waals surface area contributed by atoms with E-state index in [4.69, 9.17) is 4.74 Å². The Labute approximate surface area is 80.9 Å². The largest absolute Gasteiger partial charge is 0.358 e. The minimum absolute atomic E-state index is 0.132. The molecule has 1 unspecified atom stereocenters. The van der Waals surface area contributed by atoms with Crippen molar-refractivity contribution in [2.24, 2.45) is 0 Å². The van der Waals surface area contributed by atoms with E-state index in [1.54, 1.807) is 0 Å². The molecule has 0 saturated carbocycles. The normalized spacial score (nSPS) is 20.3. The third kappa shape index (κ3) is 2.61. The molecule has 0 aromatic carbocycles. The molecule has 0 aromatic heterocycles. The van der Waals surface area contributed by atoms with Crippen LogP contribution in [0, 0.1) is 0 Å². The van der Waals surface area contributed by atoms with Crippen molar-refractivity contribution >= 4 is 22.6 Å². The molecule has 0 saturated heterocycles. The summed E-state index contributed by atoms with van der Waals surface area (Å²) in [5.41, 5.74) is 3.20. The predicted molar refractivity (Wildman–Crippen MR) is 53.0 cm³/mol. The van der Waals surface area contributed by atoms with Gasteiger partial charge in [-0.3, -0.25) is 5.01 Å². The van der Waals surface area contributed by atoms with Crippen molar-refractivity contribution in [1.82, 2.24) is 10.4 Å². The smallest absolute Gasteiger partial charge is 0.140 e. The van der Waals surface area contributed by atoms with Crippen molar-refractivity contribution in [3.8, 4) is 0 Å². The van der Waals surface area contributed by atoms with E-state index in [-0.39, 0.29) is 6.23 Å². The van der Waals surface area contributed by atoms with Gasteiger partial charge in [-0.05, 0) is 36.4 Å². The highest BCUT2D eigenvalue weighted by atomic mass is 127. The van der Waals surface area contributed by atoms with E-state index >= 15 is 0 Å². The lowest BCUT2D eigenvalue weighted by molar-refractivity contribution is -0.0346. The standard InChI is InChI=1S/C7H13IN2O/c1-3-11-6(2)10-5-7(8)4-9-10/h5-6,9H,3-4H2,1-2H3. The van der Waals surface area contributed by atoms with Gasteiger partial charge in [0.05, 0.1) is 0 Å². The van der Waals surface area contributed by atoms with E-state index in [1.165, 1.54) is 3.58 Å². The first kappa shape index (κ1) is 9.28. The van der Waals surface area contributed by atoms with E-state index in [0.29, 0.717) is 0 Å². The molecule has 1 heterocycles. The maximum absolute atomic E-state index is 5.39. The van der Waals surface area contributed by atoms with Crippen LogP contribution in [0.2, 0.25) is 0 Å². The maximum atomic E-state index is 5.39. The van der Waals surface area contributed by atoms with Gasteiger partial charge in [-0.25, -0.2) is 5.43 Å². The molecular formula is C7H13IN2O. The number of rotatable bonds is 3. The number of halogens is 1. The highest BCUT2D eigenvalue weighted by molar-refractivity contribution is 14.1. The quantitative estimate of drug-likeness (QED) is 0.784. The molecule has 0 aliphatic carbocycles. The number of hydrogen-bond acceptors (Lipinski definition) is 3. The fourth-order valence-corrected chi connectivity index (χ4v) is 1.43. The lowest BCUT2D eigenvalue weighted by atomic mass is 10.6. The van der Waals surface area contributed by atoms with Crippen LogP contribution in [0.5, 0.6) is 0 Å². The second-order valence-electron chi connectivity index (χ2n) is 2.37. The Kier molecular flexibility index (Phi) is 3.61. The van der Waals surface area contributed by atoms with E-state index in [2.05, 4.69) is 34.2 Å². The van der Waals surface area contributed by atoms with Gasteiger partial charge < -0.3 is 4.74 Å². The molecule has 0 fully saturated rings. The Bertz CT molecular complexity index is 161. The Morgan fingerprint density at radius 3 is 3.09 bits per heavy atom. The van der Waals surface area contributed by atoms with Crippen molar-refractivity contribution in [1.29, 1.82) is 0 Å². The topological polar surface area (TPSA) is 24.5 Å². The van der Waals surface area contributed by atoms with Gasteiger partial charge in [-0.15, -0.1) is 0 Å². The van der Waals surface area contributed by atoms with Crippen molar-refractivity contribution < 1.29 is 4.74 Å². The van der Waals surface area contributed by atoms with Crippen molar-refractivity contribution in [3.05, 3.63) is 9.78 Å². The maximum Gasteiger partial charge on any atom is 0.140 e. The van der Waals surface area contributed by atoms with Crippen LogP contribution in [0.1, 0.15) is 13.8 Å². The third-order valence-corrected chi connectivity index (χ3v) is 2.17. The van der Waals surface area contributed by atoms with Crippen LogP contribution in [0.15, 0.2) is 9.78 Å². The van der Waals surface area contributed by atoms with Crippen LogP contribution < -0.4 is 5.43 Å². The number of hydrazine groups is 1. The van der Waals surface area contributed by atoms with Gasteiger partial charge in [0.25, 0.3) is 0 Å². The molecule has 1 aliphatic heterocycles. The van der Waals surface area contributed by atoms with Crippen LogP contribution in [0.3, 0.4) is 0 Å². The second kappa shape index (κ2) is 4.27. The van der Waals surface area contributed by atoms with Crippen molar-refractivity contribution in [2.45, 2.75) is 20.1 Å². The molecule has 1 atom stereocenters. The van der Waals surface area contributed by atoms with E-state index < -0.39 is 0 Å². The van der Waals surface area contributed by atoms with Crippen LogP contribution in [0.4, 0.5) is 0 Å². The van der Waals surface area contributed by atoms with Gasteiger partial charge in [0, 0.05) is 22.9 Å². The zero-order chi connectivity index (χ0) is 8.27. The average Bonchev–Trinajstić information content (AvgIpc) is 2.36. The molecule has 1 N–H and O–H groups in total. The number of ether oxygens (including phenoxy) is 1. The first-order valence-corrected chi connectivity index (χ1v) is 4.81. The first-order chi connectivity index (χ1) is 5.24. The third-order valence-electron chi connectivity index (χ3n) is 1.51. The molecular weight excluding hydrogens is 255 g/mol. The van der Waals surface area contributed by atoms with Gasteiger partial charge in [-0.1, -0.05) is 0 Å². The Hall–Kier alpha value is 0.190. The summed E-state index contributed by atoms with van der Waals surface area (Å²) < 4.78 is 6.70. The van der Waals surface area contributed by atoms with E-state index in [1.807, 2.05) is 18.9 Å². The summed E-state index contributed by atoms with van der Waals surface area (Å²) in [6, 6.07) is 0. The van der Waals surface area contributed by atoms with Gasteiger partial charge in [0.15, 0.2) is 0 Å². The summed E-state index contributed by atoms with van der Waals surface area (Å²) in [6.07, 6.45) is 2.20. The summed E-state index contributed by atoms with van der Waals surface area (Å²) >= 11 is 2.31. The molecule has 64 valence electrons. The van der Waals surface area contributed by atoms with Gasteiger partial charge in [-0.2, -0.15) is 0 Å². The van der Waals surface area contributed by atoms with Gasteiger partial charge in [0.1, 0.15) is 6.23 Å². The minimum atomic E-state index is 0.132. The van der Waals surface area contributed by atoms with Gasteiger partial charge >= 0.3 is 0 Å². The highest BCUT2D eigenvalue weighted by Crippen LogP contribution is 2.13. The highest BCUT2D eigenvalue weighted by Gasteiger charge is 2.14. The molecule has 0 bridgehead atoms. The summed E-state index contributed by atoms with van der Waals surface area (Å²) in [4.78, 5) is 0. The van der Waals surface area contributed by atoms with Crippen LogP contribution >= 0.6 is 22.6 Å². The van der Waals surface area contributed by atoms with Crippen LogP contribution in [0.25, 0.3) is 0 Å². The van der Waals surface area contributed by atoms with Gasteiger partial charge in [0.2, 0.25) is 0 Å². The molecule has 1 aliphatic rings. The Morgan fingerprint density at radius 2 is 2.64 bits per heavy atom. The lowest BCUT2D eigenvalue weighted by Crippen LogP contribution is -2.38. The first-order valence-electron chi connectivity index (χ1n) is 3.73. The van der Waals surface area contributed by atoms with Crippen LogP contribution in [-0.2, 0) is 4.74 Å². The zero-order valence-corrected chi connectivity index (χ0v) is 8.96. The Morgan fingerprint density at radius 1 is 1.91 bits per heavy atom. The average molecular weight is 268 g/mol. The molecule has 4 heteroatoms. The van der Waals surface area contributed by atoms with Crippen LogP contribution in [-0.4, -0.2) is 24.4 Å². The van der Waals surface area contributed by atoms with Crippen molar-refractivity contribution in [3.63, 3.8) is 0 Å². The Balaban J connectivity index is 2.36. The molecule has 11 heavy (non-hydrogen) atoms. The zero-order valence-electron chi connectivity index (χ0n) is 6.80. The number of nitrogens with zero attached hydrogens (tertiary/aromatic N) is 1. The second-order valence-corrected chi connectivity index (χ2v) is 3.76.